The summed E-state index contributed by atoms with van der Waals surface area (Å²) >= 11 is 0. The van der Waals surface area contributed by atoms with Crippen LogP contribution in [0.3, 0.4) is 0 Å². The highest BCUT2D eigenvalue weighted by Crippen LogP contribution is 2.56. The summed E-state index contributed by atoms with van der Waals surface area (Å²) in [6.07, 6.45) is -3.89. The van der Waals surface area contributed by atoms with Gasteiger partial charge in [-0.2, -0.15) is 0 Å². The van der Waals surface area contributed by atoms with Gasteiger partial charge in [-0.15, -0.1) is 0 Å². The number of aromatic amines is 2. The van der Waals surface area contributed by atoms with E-state index in [-0.39, 0.29) is 55.9 Å². The molecule has 244 valence electrons. The second-order valence-electron chi connectivity index (χ2n) is 11.5. The Morgan fingerprint density at radius 2 is 1.41 bits per heavy atom. The molecule has 4 N–H and O–H groups in total. The lowest BCUT2D eigenvalue weighted by Gasteiger charge is -2.39. The van der Waals surface area contributed by atoms with E-state index < -0.39 is 73.7 Å². The molecule has 3 fully saturated rings. The summed E-state index contributed by atoms with van der Waals surface area (Å²) in [5.74, 6) is 0. The SMILES string of the molecule is Cc1cn([C@H]2C[C@H](OP(=O)(OC[C@H]3O[C@@H](n4cc(C)c(=O)[nH]c4=O)C[C@@H]3O)N3CC(C)OC(C)C3)[C@@H](CO)O2)c(=O)[nH]c1=O. The number of H-pyrrole nitrogens is 2. The van der Waals surface area contributed by atoms with Gasteiger partial charge >= 0.3 is 19.1 Å². The summed E-state index contributed by atoms with van der Waals surface area (Å²) < 4.78 is 48.1. The van der Waals surface area contributed by atoms with Crippen LogP contribution < -0.4 is 22.5 Å². The topological polar surface area (TPSA) is 217 Å². The van der Waals surface area contributed by atoms with E-state index in [1.54, 1.807) is 0 Å². The van der Waals surface area contributed by atoms with Crippen LogP contribution >= 0.6 is 7.75 Å². The molecule has 0 saturated carbocycles. The summed E-state index contributed by atoms with van der Waals surface area (Å²) in [7, 11) is -4.20. The zero-order valence-electron chi connectivity index (χ0n) is 24.8. The van der Waals surface area contributed by atoms with Crippen LogP contribution in [-0.4, -0.2) is 96.9 Å². The van der Waals surface area contributed by atoms with Gasteiger partial charge in [0.1, 0.15) is 30.8 Å². The van der Waals surface area contributed by atoms with Crippen LogP contribution in [0.2, 0.25) is 0 Å². The summed E-state index contributed by atoms with van der Waals surface area (Å²) in [5.41, 5.74) is -1.93. The molecule has 0 spiro atoms. The molecule has 17 nitrogen and oxygen atoms in total. The van der Waals surface area contributed by atoms with Gasteiger partial charge in [0.15, 0.2) is 0 Å². The third-order valence-corrected chi connectivity index (χ3v) is 9.93. The van der Waals surface area contributed by atoms with Crippen molar-refractivity contribution in [3.8, 4) is 0 Å². The van der Waals surface area contributed by atoms with Crippen molar-refractivity contribution in [3.63, 3.8) is 0 Å². The average Bonchev–Trinajstić information content (AvgIpc) is 3.53. The molecule has 0 aliphatic carbocycles. The van der Waals surface area contributed by atoms with Crippen LogP contribution in [0.25, 0.3) is 0 Å². The van der Waals surface area contributed by atoms with E-state index >= 15 is 0 Å². The zero-order chi connectivity index (χ0) is 31.9. The molecule has 5 heterocycles. The number of hydrogen-bond acceptors (Lipinski definition) is 12. The summed E-state index contributed by atoms with van der Waals surface area (Å²) in [5, 5.41) is 20.8. The first-order chi connectivity index (χ1) is 20.8. The fraction of sp³-hybridized carbons (Fsp3) is 0.692. The molecule has 0 radical (unpaired) electrons. The van der Waals surface area contributed by atoms with E-state index in [9.17, 15) is 34.0 Å². The number of aliphatic hydroxyl groups is 2. The van der Waals surface area contributed by atoms with Gasteiger partial charge < -0.3 is 24.4 Å². The maximum atomic E-state index is 14.6. The molecule has 0 aromatic carbocycles. The molecule has 9 atom stereocenters. The van der Waals surface area contributed by atoms with E-state index in [1.165, 1.54) is 40.0 Å². The molecule has 2 aromatic heterocycles. The van der Waals surface area contributed by atoms with Crippen molar-refractivity contribution in [2.45, 2.75) is 89.6 Å². The van der Waals surface area contributed by atoms with Crippen LogP contribution in [0.1, 0.15) is 50.3 Å². The molecular formula is C26H38N5O12P. The summed E-state index contributed by atoms with van der Waals surface area (Å²) in [6, 6.07) is 0. The Balaban J connectivity index is 1.36. The van der Waals surface area contributed by atoms with Crippen molar-refractivity contribution in [1.82, 2.24) is 23.8 Å². The highest BCUT2D eigenvalue weighted by atomic mass is 31.2. The van der Waals surface area contributed by atoms with E-state index in [4.69, 9.17) is 23.3 Å². The number of morpholine rings is 1. The number of nitrogens with one attached hydrogen (secondary N) is 2. The second-order valence-corrected chi connectivity index (χ2v) is 13.4. The van der Waals surface area contributed by atoms with Gasteiger partial charge in [-0.05, 0) is 27.7 Å². The average molecular weight is 644 g/mol. The third-order valence-electron chi connectivity index (χ3n) is 7.89. The Hall–Kier alpha value is -2.73. The minimum Gasteiger partial charge on any atom is -0.394 e. The number of aryl methyl sites for hydroxylation is 2. The Morgan fingerprint density at radius 3 is 1.95 bits per heavy atom. The summed E-state index contributed by atoms with van der Waals surface area (Å²) in [4.78, 5) is 52.9. The standard InChI is InChI=1S/C26H38N5O12P/c1-13-7-30(25(36)27-23(13)34)21-5-17(33)20(42-21)12-39-44(38,29-9-15(3)40-16(4)10-29)43-18-6-22(41-19(18)11-32)31-8-14(2)24(35)28-26(31)37/h7-8,15-22,32-33H,5-6,9-12H2,1-4H3,(H,27,34,36)(H,28,35,37)/t15?,16?,17-,18-,19+,20+,21+,22+,44?/m0/s1. The Bertz CT molecular complexity index is 1630. The molecule has 3 saturated heterocycles. The molecule has 0 amide bonds. The molecule has 3 unspecified atom stereocenters. The van der Waals surface area contributed by atoms with E-state index in [0.717, 1.165) is 0 Å². The van der Waals surface area contributed by atoms with Crippen molar-refractivity contribution in [3.05, 3.63) is 65.2 Å². The molecule has 3 aliphatic rings. The van der Waals surface area contributed by atoms with Crippen molar-refractivity contribution in [2.24, 2.45) is 0 Å². The number of ether oxygens (including phenoxy) is 3. The zero-order valence-corrected chi connectivity index (χ0v) is 25.7. The molecule has 5 rings (SSSR count). The fourth-order valence-electron chi connectivity index (χ4n) is 5.65. The first-order valence-electron chi connectivity index (χ1n) is 14.4. The number of aliphatic hydroxyl groups excluding tert-OH is 2. The van der Waals surface area contributed by atoms with Gasteiger partial charge in [0.2, 0.25) is 0 Å². The lowest BCUT2D eigenvalue weighted by Crippen LogP contribution is -2.45. The number of rotatable bonds is 9. The van der Waals surface area contributed by atoms with E-state index in [0.29, 0.717) is 0 Å². The van der Waals surface area contributed by atoms with Gasteiger partial charge in [-0.3, -0.25) is 37.7 Å². The second kappa shape index (κ2) is 12.9. The highest BCUT2D eigenvalue weighted by molar-refractivity contribution is 7.51. The molecule has 0 bridgehead atoms. The lowest BCUT2D eigenvalue weighted by molar-refractivity contribution is -0.0724. The number of hydrogen-bond donors (Lipinski definition) is 4. The van der Waals surface area contributed by atoms with Gasteiger partial charge in [-0.25, -0.2) is 18.8 Å². The fourth-order valence-corrected chi connectivity index (χ4v) is 7.77. The minimum absolute atomic E-state index is 0.00147. The van der Waals surface area contributed by atoms with Crippen molar-refractivity contribution < 1.29 is 38.0 Å². The highest BCUT2D eigenvalue weighted by Gasteiger charge is 2.47. The van der Waals surface area contributed by atoms with Crippen molar-refractivity contribution in [2.75, 3.05) is 26.3 Å². The maximum absolute atomic E-state index is 14.6. The number of aromatic nitrogens is 4. The molecular weight excluding hydrogens is 605 g/mol. The van der Waals surface area contributed by atoms with Crippen LogP contribution in [0.4, 0.5) is 0 Å². The van der Waals surface area contributed by atoms with Gasteiger partial charge in [0.05, 0.1) is 31.5 Å². The quantitative estimate of drug-likeness (QED) is 0.248. The predicted molar refractivity (Wildman–Crippen MR) is 152 cm³/mol. The van der Waals surface area contributed by atoms with Crippen LogP contribution in [0, 0.1) is 13.8 Å². The number of nitrogens with zero attached hydrogens (tertiary/aromatic N) is 3. The van der Waals surface area contributed by atoms with E-state index in [1.807, 2.05) is 13.8 Å². The molecule has 44 heavy (non-hydrogen) atoms. The van der Waals surface area contributed by atoms with Crippen LogP contribution in [-0.2, 0) is 27.8 Å². The Kier molecular flexibility index (Phi) is 9.61. The van der Waals surface area contributed by atoms with Crippen LogP contribution in [0.15, 0.2) is 31.6 Å². The Morgan fingerprint density at radius 1 is 0.886 bits per heavy atom. The Labute approximate surface area is 250 Å². The lowest BCUT2D eigenvalue weighted by atomic mass is 10.2. The third kappa shape index (κ3) is 6.76. The van der Waals surface area contributed by atoms with Crippen molar-refractivity contribution in [1.29, 1.82) is 0 Å². The predicted octanol–water partition coefficient (Wildman–Crippen LogP) is -0.749. The minimum atomic E-state index is -4.20. The first-order valence-corrected chi connectivity index (χ1v) is 15.8. The largest absolute Gasteiger partial charge is 0.408 e. The van der Waals surface area contributed by atoms with Gasteiger partial charge in [0.25, 0.3) is 11.1 Å². The first kappa shape index (κ1) is 32.7. The van der Waals surface area contributed by atoms with Gasteiger partial charge in [-0.1, -0.05) is 0 Å². The smallest absolute Gasteiger partial charge is 0.394 e. The van der Waals surface area contributed by atoms with E-state index in [2.05, 4.69) is 9.97 Å². The summed E-state index contributed by atoms with van der Waals surface area (Å²) in [6.45, 7) is 6.14. The van der Waals surface area contributed by atoms with Gasteiger partial charge in [0, 0.05) is 49.5 Å². The van der Waals surface area contributed by atoms with Crippen LogP contribution in [0.5, 0.6) is 0 Å². The molecule has 18 heteroatoms. The molecule has 3 aliphatic heterocycles. The van der Waals surface area contributed by atoms with Crippen molar-refractivity contribution >= 4 is 7.75 Å². The maximum Gasteiger partial charge on any atom is 0.408 e. The molecule has 2 aromatic rings. The monoisotopic (exact) mass is 643 g/mol. The normalized spacial score (nSPS) is 32.6.